The van der Waals surface area contributed by atoms with Crippen LogP contribution in [0.2, 0.25) is 0 Å². The summed E-state index contributed by atoms with van der Waals surface area (Å²) in [6.45, 7) is 0.121. The van der Waals surface area contributed by atoms with Gasteiger partial charge in [0.05, 0.1) is 0 Å². The van der Waals surface area contributed by atoms with E-state index in [-0.39, 0.29) is 18.0 Å². The lowest BCUT2D eigenvalue weighted by Gasteiger charge is -2.04. The number of sulfonamides is 1. The summed E-state index contributed by atoms with van der Waals surface area (Å²) in [5.41, 5.74) is 8.01. The van der Waals surface area contributed by atoms with E-state index in [0.29, 0.717) is 4.47 Å². The van der Waals surface area contributed by atoms with Gasteiger partial charge in [-0.25, -0.2) is 13.1 Å². The normalized spacial score (nSPS) is 10.8. The largest absolute Gasteiger partial charge is 0.262 e. The molecule has 0 atom stereocenters. The molecular weight excluding hydrogens is 298 g/mol. The van der Waals surface area contributed by atoms with Crippen LogP contribution in [0.3, 0.4) is 0 Å². The zero-order valence-electron chi connectivity index (χ0n) is 8.04. The van der Waals surface area contributed by atoms with Crippen molar-refractivity contribution in [2.75, 3.05) is 13.1 Å². The third-order valence-electron chi connectivity index (χ3n) is 1.56. The van der Waals surface area contributed by atoms with Crippen molar-refractivity contribution in [3.8, 4) is 0 Å². The second-order valence-electron chi connectivity index (χ2n) is 2.69. The number of hydrogen-bond acceptors (Lipinski definition) is 4. The highest BCUT2D eigenvalue weighted by molar-refractivity contribution is 9.10. The van der Waals surface area contributed by atoms with Crippen molar-refractivity contribution < 1.29 is 8.42 Å². The molecule has 9 heteroatoms. The molecule has 1 heterocycles. The van der Waals surface area contributed by atoms with Crippen molar-refractivity contribution in [1.29, 1.82) is 0 Å². The first-order valence-corrected chi connectivity index (χ1v) is 6.45. The molecule has 0 aliphatic rings. The second-order valence-corrected chi connectivity index (χ2v) is 5.37. The first-order chi connectivity index (χ1) is 7.56. The van der Waals surface area contributed by atoms with Crippen molar-refractivity contribution in [2.45, 2.75) is 4.90 Å². The average molecular weight is 306 g/mol. The maximum atomic E-state index is 11.6. The van der Waals surface area contributed by atoms with Crippen molar-refractivity contribution in [1.82, 2.24) is 9.71 Å². The van der Waals surface area contributed by atoms with Gasteiger partial charge in [-0.2, -0.15) is 0 Å². The summed E-state index contributed by atoms with van der Waals surface area (Å²) < 4.78 is 26.1. The van der Waals surface area contributed by atoms with Gasteiger partial charge in [-0.3, -0.25) is 4.98 Å². The molecule has 0 saturated carbocycles. The third-order valence-corrected chi connectivity index (χ3v) is 3.42. The van der Waals surface area contributed by atoms with Crippen molar-refractivity contribution >= 4 is 26.0 Å². The van der Waals surface area contributed by atoms with Gasteiger partial charge in [-0.05, 0) is 27.5 Å². The van der Waals surface area contributed by atoms with Gasteiger partial charge >= 0.3 is 0 Å². The average Bonchev–Trinajstić information content (AvgIpc) is 2.24. The van der Waals surface area contributed by atoms with E-state index in [0.717, 1.165) is 0 Å². The van der Waals surface area contributed by atoms with E-state index in [2.05, 4.69) is 35.7 Å². The molecule has 0 amide bonds. The molecule has 7 nitrogen and oxygen atoms in total. The van der Waals surface area contributed by atoms with Gasteiger partial charge in [0.2, 0.25) is 10.0 Å². The maximum absolute atomic E-state index is 11.6. The molecule has 1 aromatic rings. The molecule has 86 valence electrons. The minimum absolute atomic E-state index is 0.0545. The van der Waals surface area contributed by atoms with Gasteiger partial charge in [0.15, 0.2) is 0 Å². The van der Waals surface area contributed by atoms with Gasteiger partial charge in [-0.1, -0.05) is 5.11 Å². The van der Waals surface area contributed by atoms with Crippen LogP contribution in [-0.4, -0.2) is 26.5 Å². The molecule has 1 N–H and O–H groups in total. The lowest BCUT2D eigenvalue weighted by atomic mass is 10.5. The van der Waals surface area contributed by atoms with E-state index < -0.39 is 10.0 Å². The fourth-order valence-corrected chi connectivity index (χ4v) is 2.42. The monoisotopic (exact) mass is 305 g/mol. The second kappa shape index (κ2) is 5.80. The molecule has 0 fully saturated rings. The molecular formula is C7H8BrN5O2S. The van der Waals surface area contributed by atoms with Crippen LogP contribution in [0.25, 0.3) is 10.4 Å². The van der Waals surface area contributed by atoms with Crippen LogP contribution >= 0.6 is 15.9 Å². The molecule has 16 heavy (non-hydrogen) atoms. The highest BCUT2D eigenvalue weighted by atomic mass is 79.9. The van der Waals surface area contributed by atoms with Crippen LogP contribution in [0.1, 0.15) is 0 Å². The van der Waals surface area contributed by atoms with Gasteiger partial charge < -0.3 is 0 Å². The first kappa shape index (κ1) is 12.9. The van der Waals surface area contributed by atoms with Crippen LogP contribution in [0, 0.1) is 0 Å². The minimum atomic E-state index is -3.59. The number of hydrogen-bond donors (Lipinski definition) is 1. The smallest absolute Gasteiger partial charge is 0.242 e. The summed E-state index contributed by atoms with van der Waals surface area (Å²) in [4.78, 5) is 6.32. The molecule has 0 aliphatic heterocycles. The predicted molar refractivity (Wildman–Crippen MR) is 61.1 cm³/mol. The molecule has 0 spiro atoms. The Balaban J connectivity index is 2.74. The van der Waals surface area contributed by atoms with Crippen LogP contribution < -0.4 is 4.72 Å². The van der Waals surface area contributed by atoms with Gasteiger partial charge in [0, 0.05) is 34.9 Å². The standard InChI is InChI=1S/C7H8BrN5O2S/c8-6-3-7(5-10-4-6)16(14,15)12-2-1-11-13-9/h3-5,12H,1-2H2. The molecule has 0 bridgehead atoms. The quantitative estimate of drug-likeness (QED) is 0.385. The van der Waals surface area contributed by atoms with Crippen molar-refractivity contribution in [2.24, 2.45) is 5.11 Å². The molecule has 1 aromatic heterocycles. The number of pyridine rings is 1. The molecule has 0 saturated heterocycles. The van der Waals surface area contributed by atoms with Crippen LogP contribution in [0.4, 0.5) is 0 Å². The topological polar surface area (TPSA) is 108 Å². The summed E-state index contributed by atoms with van der Waals surface area (Å²) in [5.74, 6) is 0. The molecule has 1 rings (SSSR count). The number of azide groups is 1. The summed E-state index contributed by atoms with van der Waals surface area (Å²) >= 11 is 3.13. The fourth-order valence-electron chi connectivity index (χ4n) is 0.897. The SMILES string of the molecule is [N-]=[N+]=NCCNS(=O)(=O)c1cncc(Br)c1. The number of rotatable bonds is 5. The summed E-state index contributed by atoms with van der Waals surface area (Å²) in [6.07, 6.45) is 2.72. The number of nitrogens with one attached hydrogen (secondary N) is 1. The Morgan fingerprint density at radius 1 is 1.56 bits per heavy atom. The van der Waals surface area contributed by atoms with E-state index in [1.54, 1.807) is 0 Å². The molecule has 0 unspecified atom stereocenters. The molecule has 0 aromatic carbocycles. The Bertz CT molecular complexity index is 511. The van der Waals surface area contributed by atoms with Crippen LogP contribution in [-0.2, 0) is 10.0 Å². The summed E-state index contributed by atoms with van der Waals surface area (Å²) in [6, 6.07) is 1.43. The lowest BCUT2D eigenvalue weighted by molar-refractivity contribution is 0.581. The Labute approximate surface area is 101 Å². The Morgan fingerprint density at radius 2 is 2.31 bits per heavy atom. The zero-order valence-corrected chi connectivity index (χ0v) is 10.4. The lowest BCUT2D eigenvalue weighted by Crippen LogP contribution is -2.26. The van der Waals surface area contributed by atoms with E-state index in [1.165, 1.54) is 18.5 Å². The third kappa shape index (κ3) is 3.78. The van der Waals surface area contributed by atoms with Gasteiger partial charge in [0.1, 0.15) is 4.90 Å². The first-order valence-electron chi connectivity index (χ1n) is 4.17. The number of nitrogens with zero attached hydrogens (tertiary/aromatic N) is 4. The van der Waals surface area contributed by atoms with E-state index >= 15 is 0 Å². The predicted octanol–water partition coefficient (Wildman–Crippen LogP) is 1.43. The maximum Gasteiger partial charge on any atom is 0.242 e. The van der Waals surface area contributed by atoms with Gasteiger partial charge in [-0.15, -0.1) is 0 Å². The van der Waals surface area contributed by atoms with Crippen molar-refractivity contribution in [3.05, 3.63) is 33.4 Å². The molecule has 0 aliphatic carbocycles. The minimum Gasteiger partial charge on any atom is -0.262 e. The van der Waals surface area contributed by atoms with Crippen LogP contribution in [0.15, 0.2) is 32.9 Å². The summed E-state index contributed by atoms with van der Waals surface area (Å²) in [7, 11) is -3.59. The van der Waals surface area contributed by atoms with E-state index in [1.807, 2.05) is 0 Å². The van der Waals surface area contributed by atoms with Gasteiger partial charge in [0.25, 0.3) is 0 Å². The van der Waals surface area contributed by atoms with E-state index in [4.69, 9.17) is 5.53 Å². The van der Waals surface area contributed by atoms with Crippen LogP contribution in [0.5, 0.6) is 0 Å². The van der Waals surface area contributed by atoms with Crippen molar-refractivity contribution in [3.63, 3.8) is 0 Å². The fraction of sp³-hybridized carbons (Fsp3) is 0.286. The Hall–Kier alpha value is -1.15. The van der Waals surface area contributed by atoms with E-state index in [9.17, 15) is 8.42 Å². The number of halogens is 1. The Kier molecular flexibility index (Phi) is 4.69. The highest BCUT2D eigenvalue weighted by Crippen LogP contribution is 2.13. The Morgan fingerprint density at radius 3 is 2.94 bits per heavy atom. The number of aromatic nitrogens is 1. The zero-order chi connectivity index (χ0) is 12.0. The highest BCUT2D eigenvalue weighted by Gasteiger charge is 2.13. The summed E-state index contributed by atoms with van der Waals surface area (Å²) in [5, 5.41) is 3.21. The molecule has 0 radical (unpaired) electrons.